The summed E-state index contributed by atoms with van der Waals surface area (Å²) in [6, 6.07) is 0. The molecule has 1 saturated carbocycles. The van der Waals surface area contributed by atoms with Crippen molar-refractivity contribution in [2.75, 3.05) is 0 Å². The van der Waals surface area contributed by atoms with E-state index in [1.54, 1.807) is 0 Å². The van der Waals surface area contributed by atoms with Gasteiger partial charge in [0, 0.05) is 6.92 Å². The Labute approximate surface area is 87.2 Å². The number of rotatable bonds is 1. The van der Waals surface area contributed by atoms with Gasteiger partial charge in [0.1, 0.15) is 5.60 Å². The van der Waals surface area contributed by atoms with Crippen LogP contribution in [-0.4, -0.2) is 15.5 Å². The molecule has 1 rings (SSSR count). The number of alkyl halides is 1. The van der Waals surface area contributed by atoms with Crippen molar-refractivity contribution in [1.82, 2.24) is 0 Å². The molecule has 1 fully saturated rings. The van der Waals surface area contributed by atoms with E-state index in [-0.39, 0.29) is 11.6 Å². The standard InChI is InChI=1S/C9H15IO2/c1-7(11)12-9(2)6-4-3-5-8(9)10/h8H,3-6H2,1-2H3/t8-,9-/m1/s1. The Morgan fingerprint density at radius 2 is 2.25 bits per heavy atom. The van der Waals surface area contributed by atoms with Crippen molar-refractivity contribution < 1.29 is 9.53 Å². The van der Waals surface area contributed by atoms with Crippen molar-refractivity contribution in [3.05, 3.63) is 0 Å². The molecule has 0 saturated heterocycles. The molecular formula is C9H15IO2. The molecule has 12 heavy (non-hydrogen) atoms. The van der Waals surface area contributed by atoms with Gasteiger partial charge in [0.05, 0.1) is 3.92 Å². The molecule has 0 unspecified atom stereocenters. The fraction of sp³-hybridized carbons (Fsp3) is 0.889. The summed E-state index contributed by atoms with van der Waals surface area (Å²) in [4.78, 5) is 10.8. The molecule has 0 spiro atoms. The quantitative estimate of drug-likeness (QED) is 0.420. The topological polar surface area (TPSA) is 26.3 Å². The van der Waals surface area contributed by atoms with Gasteiger partial charge in [-0.1, -0.05) is 29.0 Å². The molecule has 0 radical (unpaired) electrons. The van der Waals surface area contributed by atoms with Crippen LogP contribution in [0.1, 0.15) is 39.5 Å². The fourth-order valence-corrected chi connectivity index (χ4v) is 2.58. The van der Waals surface area contributed by atoms with Gasteiger partial charge in [-0.15, -0.1) is 0 Å². The van der Waals surface area contributed by atoms with Crippen molar-refractivity contribution >= 4 is 28.6 Å². The van der Waals surface area contributed by atoms with Crippen molar-refractivity contribution in [3.63, 3.8) is 0 Å². The maximum atomic E-state index is 10.8. The van der Waals surface area contributed by atoms with Crippen LogP contribution in [0.15, 0.2) is 0 Å². The number of carbonyl (C=O) groups is 1. The average Bonchev–Trinajstić information content (AvgIpc) is 1.94. The Bertz CT molecular complexity index is 181. The predicted octanol–water partition coefficient (Wildman–Crippen LogP) is 2.69. The van der Waals surface area contributed by atoms with Crippen LogP contribution in [0.2, 0.25) is 0 Å². The first-order chi connectivity index (χ1) is 5.54. The maximum absolute atomic E-state index is 10.8. The first-order valence-corrected chi connectivity index (χ1v) is 5.63. The molecule has 3 heteroatoms. The van der Waals surface area contributed by atoms with Crippen LogP contribution in [0.4, 0.5) is 0 Å². The molecule has 1 aliphatic carbocycles. The monoisotopic (exact) mass is 282 g/mol. The average molecular weight is 282 g/mol. The van der Waals surface area contributed by atoms with E-state index in [9.17, 15) is 4.79 Å². The maximum Gasteiger partial charge on any atom is 0.303 e. The third-order valence-corrected chi connectivity index (χ3v) is 4.36. The molecule has 0 bridgehead atoms. The molecular weight excluding hydrogens is 267 g/mol. The Hall–Kier alpha value is 0.200. The summed E-state index contributed by atoms with van der Waals surface area (Å²) < 4.78 is 5.82. The summed E-state index contributed by atoms with van der Waals surface area (Å²) in [5, 5.41) is 0. The minimum atomic E-state index is -0.204. The van der Waals surface area contributed by atoms with Crippen LogP contribution in [0.25, 0.3) is 0 Å². The summed E-state index contributed by atoms with van der Waals surface area (Å²) in [7, 11) is 0. The second kappa shape index (κ2) is 3.94. The SMILES string of the molecule is CC(=O)O[C@]1(C)CCCC[C@H]1I. The van der Waals surface area contributed by atoms with Crippen LogP contribution < -0.4 is 0 Å². The molecule has 0 aromatic rings. The normalized spacial score (nSPS) is 36.1. The molecule has 0 heterocycles. The summed E-state index contributed by atoms with van der Waals surface area (Å²) in [6.45, 7) is 3.54. The van der Waals surface area contributed by atoms with Gasteiger partial charge in [0.15, 0.2) is 0 Å². The molecule has 0 amide bonds. The van der Waals surface area contributed by atoms with E-state index >= 15 is 0 Å². The molecule has 70 valence electrons. The van der Waals surface area contributed by atoms with Crippen LogP contribution in [0.5, 0.6) is 0 Å². The van der Waals surface area contributed by atoms with E-state index in [0.29, 0.717) is 3.92 Å². The smallest absolute Gasteiger partial charge is 0.303 e. The molecule has 0 N–H and O–H groups in total. The van der Waals surface area contributed by atoms with Crippen molar-refractivity contribution in [3.8, 4) is 0 Å². The number of ether oxygens (including phenoxy) is 1. The lowest BCUT2D eigenvalue weighted by Crippen LogP contribution is -2.42. The second-order valence-electron chi connectivity index (χ2n) is 3.62. The first kappa shape index (κ1) is 10.3. The van der Waals surface area contributed by atoms with E-state index in [0.717, 1.165) is 6.42 Å². The highest BCUT2D eigenvalue weighted by Crippen LogP contribution is 2.36. The summed E-state index contributed by atoms with van der Waals surface area (Å²) in [5.41, 5.74) is -0.204. The lowest BCUT2D eigenvalue weighted by Gasteiger charge is -2.37. The molecule has 2 atom stereocenters. The van der Waals surface area contributed by atoms with Crippen molar-refractivity contribution in [2.45, 2.75) is 49.1 Å². The number of hydrogen-bond acceptors (Lipinski definition) is 2. The van der Waals surface area contributed by atoms with E-state index < -0.39 is 0 Å². The number of halogens is 1. The van der Waals surface area contributed by atoms with Gasteiger partial charge >= 0.3 is 5.97 Å². The molecule has 0 aromatic carbocycles. The van der Waals surface area contributed by atoms with Crippen LogP contribution in [-0.2, 0) is 9.53 Å². The van der Waals surface area contributed by atoms with E-state index in [1.165, 1.54) is 26.2 Å². The fourth-order valence-electron chi connectivity index (χ4n) is 1.70. The molecule has 1 aliphatic rings. The predicted molar refractivity (Wildman–Crippen MR) is 56.4 cm³/mol. The number of esters is 1. The van der Waals surface area contributed by atoms with Gasteiger partial charge in [0.25, 0.3) is 0 Å². The highest BCUT2D eigenvalue weighted by atomic mass is 127. The zero-order valence-corrected chi connectivity index (χ0v) is 9.76. The second-order valence-corrected chi connectivity index (χ2v) is 5.12. The van der Waals surface area contributed by atoms with Crippen LogP contribution in [0.3, 0.4) is 0 Å². The largest absolute Gasteiger partial charge is 0.458 e. The number of hydrogen-bond donors (Lipinski definition) is 0. The number of carbonyl (C=O) groups excluding carboxylic acids is 1. The van der Waals surface area contributed by atoms with Gasteiger partial charge in [-0.3, -0.25) is 4.79 Å². The molecule has 0 aromatic heterocycles. The summed E-state index contributed by atoms with van der Waals surface area (Å²) in [6.07, 6.45) is 4.64. The van der Waals surface area contributed by atoms with E-state index in [4.69, 9.17) is 4.74 Å². The highest BCUT2D eigenvalue weighted by molar-refractivity contribution is 14.1. The minimum absolute atomic E-state index is 0.152. The zero-order chi connectivity index (χ0) is 9.19. The lowest BCUT2D eigenvalue weighted by atomic mass is 9.86. The Morgan fingerprint density at radius 3 is 2.75 bits per heavy atom. The van der Waals surface area contributed by atoms with Gasteiger partial charge < -0.3 is 4.74 Å². The Morgan fingerprint density at radius 1 is 1.58 bits per heavy atom. The molecule has 2 nitrogen and oxygen atoms in total. The highest BCUT2D eigenvalue weighted by Gasteiger charge is 2.37. The third-order valence-electron chi connectivity index (χ3n) is 2.42. The minimum Gasteiger partial charge on any atom is -0.458 e. The van der Waals surface area contributed by atoms with E-state index in [1.807, 2.05) is 6.92 Å². The lowest BCUT2D eigenvalue weighted by molar-refractivity contribution is -0.156. The Balaban J connectivity index is 2.59. The summed E-state index contributed by atoms with van der Waals surface area (Å²) in [5.74, 6) is -0.152. The molecule has 0 aliphatic heterocycles. The van der Waals surface area contributed by atoms with Crippen LogP contribution in [0, 0.1) is 0 Å². The van der Waals surface area contributed by atoms with E-state index in [2.05, 4.69) is 22.6 Å². The first-order valence-electron chi connectivity index (χ1n) is 4.38. The van der Waals surface area contributed by atoms with Gasteiger partial charge in [-0.05, 0) is 26.2 Å². The van der Waals surface area contributed by atoms with Gasteiger partial charge in [-0.25, -0.2) is 0 Å². The van der Waals surface area contributed by atoms with Gasteiger partial charge in [-0.2, -0.15) is 0 Å². The summed E-state index contributed by atoms with van der Waals surface area (Å²) >= 11 is 2.39. The van der Waals surface area contributed by atoms with Gasteiger partial charge in [0.2, 0.25) is 0 Å². The Kier molecular flexibility index (Phi) is 3.37. The van der Waals surface area contributed by atoms with Crippen LogP contribution >= 0.6 is 22.6 Å². The van der Waals surface area contributed by atoms with Crippen molar-refractivity contribution in [1.29, 1.82) is 0 Å². The van der Waals surface area contributed by atoms with Crippen molar-refractivity contribution in [2.24, 2.45) is 0 Å². The third kappa shape index (κ3) is 2.34. The zero-order valence-electron chi connectivity index (χ0n) is 7.60.